The van der Waals surface area contributed by atoms with Crippen LogP contribution in [0.5, 0.6) is 0 Å². The van der Waals surface area contributed by atoms with E-state index >= 15 is 0 Å². The van der Waals surface area contributed by atoms with Crippen LogP contribution in [0.25, 0.3) is 0 Å². The lowest BCUT2D eigenvalue weighted by Gasteiger charge is -2.37. The Morgan fingerprint density at radius 1 is 0.486 bits per heavy atom. The highest BCUT2D eigenvalue weighted by atomic mass is 32.3. The van der Waals surface area contributed by atoms with Crippen molar-refractivity contribution in [2.45, 2.75) is 64.0 Å². The molecule has 37 heavy (non-hydrogen) atoms. The van der Waals surface area contributed by atoms with Gasteiger partial charge < -0.3 is 5.11 Å². The maximum absolute atomic E-state index is 13.9. The van der Waals surface area contributed by atoms with Gasteiger partial charge in [0.05, 0.1) is 0 Å². The summed E-state index contributed by atoms with van der Waals surface area (Å²) < 4.78 is 276. The van der Waals surface area contributed by atoms with Crippen LogP contribution in [0.15, 0.2) is 0 Å². The Labute approximate surface area is 192 Å². The summed E-state index contributed by atoms with van der Waals surface area (Å²) in [4.78, 5) is 0. The van der Waals surface area contributed by atoms with E-state index in [0.717, 1.165) is 0 Å². The lowest BCUT2D eigenvalue weighted by molar-refractivity contribution is -0.382. The molecule has 0 aliphatic rings. The minimum Gasteiger partial charge on any atom is -0.396 e. The maximum atomic E-state index is 13.9. The summed E-state index contributed by atoms with van der Waals surface area (Å²) >= 11 is 0. The summed E-state index contributed by atoms with van der Waals surface area (Å²) in [5.74, 6) is -33.0. The average molecular weight is 638 g/mol. The zero-order chi connectivity index (χ0) is 30.7. The molecule has 0 amide bonds. The topological polar surface area (TPSA) is 88.5 Å². The van der Waals surface area contributed by atoms with Gasteiger partial charge in [-0.3, -0.25) is 0 Å². The fourth-order valence-corrected chi connectivity index (χ4v) is 6.79. The van der Waals surface area contributed by atoms with Gasteiger partial charge in [-0.05, 0) is 12.8 Å². The number of hydrogen-bond donors (Lipinski definition) is 1. The van der Waals surface area contributed by atoms with E-state index in [0.29, 0.717) is 0 Å². The van der Waals surface area contributed by atoms with Crippen molar-refractivity contribution in [2.24, 2.45) is 0 Å². The molecular formula is C12H8F18O5S2. The van der Waals surface area contributed by atoms with Crippen LogP contribution >= 0.6 is 0 Å². The zero-order valence-electron chi connectivity index (χ0n) is 16.4. The monoisotopic (exact) mass is 638 g/mol. The Morgan fingerprint density at radius 2 is 0.730 bits per heavy atom. The molecule has 0 bridgehead atoms. The molecule has 0 rings (SSSR count). The number of hydrogen-bond acceptors (Lipinski definition) is 5. The van der Waals surface area contributed by atoms with E-state index < -0.39 is 90.3 Å². The Bertz CT molecular complexity index is 960. The van der Waals surface area contributed by atoms with Crippen LogP contribution in [0.4, 0.5) is 79.0 Å². The Morgan fingerprint density at radius 3 is 0.919 bits per heavy atom. The van der Waals surface area contributed by atoms with Gasteiger partial charge in [0.2, 0.25) is 19.7 Å². The Hall–Kier alpha value is -1.40. The third kappa shape index (κ3) is 4.90. The van der Waals surface area contributed by atoms with Gasteiger partial charge in [0.25, 0.3) is 0 Å². The largest absolute Gasteiger partial charge is 0.460 e. The van der Waals surface area contributed by atoms with Crippen LogP contribution in [0, 0.1) is 0 Å². The van der Waals surface area contributed by atoms with E-state index in [1.165, 1.54) is 0 Å². The van der Waals surface area contributed by atoms with Gasteiger partial charge in [-0.2, -0.15) is 79.0 Å². The quantitative estimate of drug-likeness (QED) is 0.330. The standard InChI is InChI=1S/C12H8F18O5S2/c13-5(14,9(21,22)23)7(17,18)11(27,28)36(32,33)4(2-1-3-31)37(34,35)12(29,30)8(19,20)6(15,16)10(24,25)26/h4,31H,1-3H2. The van der Waals surface area contributed by atoms with Crippen LogP contribution in [-0.4, -0.2) is 79.7 Å². The second kappa shape index (κ2) is 9.36. The van der Waals surface area contributed by atoms with Gasteiger partial charge in [-0.1, -0.05) is 0 Å². The van der Waals surface area contributed by atoms with Crippen molar-refractivity contribution in [3.63, 3.8) is 0 Å². The number of aliphatic hydroxyl groups is 1. The molecule has 25 heteroatoms. The third-order valence-corrected chi connectivity index (χ3v) is 9.55. The predicted octanol–water partition coefficient (Wildman–Crippen LogP) is 4.77. The number of sulfone groups is 2. The molecule has 0 fully saturated rings. The molecule has 0 saturated heterocycles. The molecular weight excluding hydrogens is 630 g/mol. The lowest BCUT2D eigenvalue weighted by Crippen LogP contribution is -2.67. The SMILES string of the molecule is O=S(=O)(C(CCCO)S(=O)(=O)C(F)(F)C(F)(F)C(F)(F)C(F)(F)F)C(F)(F)C(F)(F)C(F)(F)C(F)(F)F. The molecule has 1 N–H and O–H groups in total. The molecule has 0 aromatic heterocycles. The van der Waals surface area contributed by atoms with Gasteiger partial charge in [0, 0.05) is 6.61 Å². The number of halogens is 18. The molecule has 0 aliphatic heterocycles. The minimum atomic E-state index is -8.66. The first-order chi connectivity index (χ1) is 15.7. The molecule has 0 atom stereocenters. The highest BCUT2D eigenvalue weighted by molar-refractivity contribution is 8.10. The highest BCUT2D eigenvalue weighted by Gasteiger charge is 2.89. The lowest BCUT2D eigenvalue weighted by atomic mass is 10.1. The molecule has 0 unspecified atom stereocenters. The molecule has 0 radical (unpaired) electrons. The summed E-state index contributed by atoms with van der Waals surface area (Å²) in [7, 11) is -17.3. The number of rotatable bonds is 11. The van der Waals surface area contributed by atoms with Crippen molar-refractivity contribution in [3.8, 4) is 0 Å². The van der Waals surface area contributed by atoms with Crippen LogP contribution in [0.2, 0.25) is 0 Å². The summed E-state index contributed by atoms with van der Waals surface area (Å²) in [6, 6.07) is 0. The molecule has 0 heterocycles. The summed E-state index contributed by atoms with van der Waals surface area (Å²) in [6.45, 7) is -1.79. The minimum absolute atomic E-state index is 1.79. The van der Waals surface area contributed by atoms with Gasteiger partial charge in [-0.25, -0.2) is 16.8 Å². The van der Waals surface area contributed by atoms with Gasteiger partial charge in [0.15, 0.2) is 4.58 Å². The number of alkyl halides is 18. The zero-order valence-corrected chi connectivity index (χ0v) is 18.0. The molecule has 0 aliphatic carbocycles. The average Bonchev–Trinajstić information content (AvgIpc) is 2.65. The van der Waals surface area contributed by atoms with E-state index in [1.54, 1.807) is 0 Å². The normalized spacial score (nSPS) is 16.4. The highest BCUT2D eigenvalue weighted by Crippen LogP contribution is 2.59. The number of aliphatic hydroxyl groups excluding tert-OH is 1. The Kier molecular flexibility index (Phi) is 9.01. The maximum Gasteiger partial charge on any atom is 0.460 e. The van der Waals surface area contributed by atoms with E-state index in [1.807, 2.05) is 0 Å². The van der Waals surface area contributed by atoms with Crippen molar-refractivity contribution in [3.05, 3.63) is 0 Å². The third-order valence-electron chi connectivity index (χ3n) is 4.24. The molecule has 224 valence electrons. The molecule has 0 aromatic rings. The summed E-state index contributed by atoms with van der Waals surface area (Å²) in [6.07, 6.45) is -20.3. The molecule has 0 spiro atoms. The van der Waals surface area contributed by atoms with Crippen molar-refractivity contribution >= 4 is 19.7 Å². The second-order valence-corrected chi connectivity index (χ2v) is 11.4. The molecule has 5 nitrogen and oxygen atoms in total. The fourth-order valence-electron chi connectivity index (χ4n) is 2.14. The van der Waals surface area contributed by atoms with E-state index in [2.05, 4.69) is 0 Å². The van der Waals surface area contributed by atoms with Crippen LogP contribution in [0.1, 0.15) is 12.8 Å². The second-order valence-electron chi connectivity index (χ2n) is 6.71. The summed E-state index contributed by atoms with van der Waals surface area (Å²) in [5, 5.41) is -7.88. The molecule has 0 aromatic carbocycles. The first-order valence-corrected chi connectivity index (χ1v) is 11.3. The van der Waals surface area contributed by atoms with Gasteiger partial charge in [-0.15, -0.1) is 0 Å². The van der Waals surface area contributed by atoms with Crippen molar-refractivity contribution in [1.82, 2.24) is 0 Å². The van der Waals surface area contributed by atoms with Crippen molar-refractivity contribution < 1.29 is 101 Å². The van der Waals surface area contributed by atoms with Crippen LogP contribution < -0.4 is 0 Å². The van der Waals surface area contributed by atoms with Crippen LogP contribution in [-0.2, 0) is 19.7 Å². The fraction of sp³-hybridized carbons (Fsp3) is 1.00. The van der Waals surface area contributed by atoms with E-state index in [-0.39, 0.29) is 0 Å². The smallest absolute Gasteiger partial charge is 0.396 e. The van der Waals surface area contributed by atoms with Crippen molar-refractivity contribution in [1.29, 1.82) is 0 Å². The van der Waals surface area contributed by atoms with Gasteiger partial charge in [0.1, 0.15) is 0 Å². The first-order valence-electron chi connectivity index (χ1n) is 8.17. The predicted molar refractivity (Wildman–Crippen MR) is 79.7 cm³/mol. The van der Waals surface area contributed by atoms with Gasteiger partial charge >= 0.3 is 46.6 Å². The Balaban J connectivity index is 7.41. The molecule has 0 saturated carbocycles. The van der Waals surface area contributed by atoms with E-state index in [9.17, 15) is 95.9 Å². The van der Waals surface area contributed by atoms with Crippen LogP contribution in [0.3, 0.4) is 0 Å². The van der Waals surface area contributed by atoms with E-state index in [4.69, 9.17) is 5.11 Å². The summed E-state index contributed by atoms with van der Waals surface area (Å²) in [5.41, 5.74) is 0. The first kappa shape index (κ1) is 35.6. The van der Waals surface area contributed by atoms with Crippen molar-refractivity contribution in [2.75, 3.05) is 6.61 Å².